The highest BCUT2D eigenvalue weighted by molar-refractivity contribution is 7.90. The second kappa shape index (κ2) is 15.3. The molecule has 0 aliphatic heterocycles. The number of ether oxygens (including phenoxy) is 2. The van der Waals surface area contributed by atoms with Gasteiger partial charge in [0.05, 0.1) is 22.7 Å². The first kappa shape index (κ1) is 36.7. The fourth-order valence-electron chi connectivity index (χ4n) is 6.78. The van der Waals surface area contributed by atoms with Crippen molar-refractivity contribution in [3.05, 3.63) is 124 Å². The van der Waals surface area contributed by atoms with Gasteiger partial charge < -0.3 is 14.0 Å². The molecule has 0 saturated carbocycles. The maximum absolute atomic E-state index is 13.3. The normalized spacial score (nSPS) is 11.6. The standard InChI is InChI=1S/C41H43ClN4O5S/c1-26-24-33(25-27(2)40(26)42)50-23-11-16-35-29(4)46(41-36(35)14-10-15-37(41)39-28(3)43-45(6)30(39)5)22-21-38(47)44-52(48,49)34-19-17-32(18-20-34)51-31-12-8-7-9-13-31/h7-10,12-15,17-20,24-25H,11,16,21-23H2,1-6H3,(H,44,47). The number of aryl methyl sites for hydroxylation is 6. The van der Waals surface area contributed by atoms with Crippen LogP contribution in [0.2, 0.25) is 5.02 Å². The van der Waals surface area contributed by atoms with Gasteiger partial charge in [-0.15, -0.1) is 0 Å². The van der Waals surface area contributed by atoms with Crippen molar-refractivity contribution in [3.63, 3.8) is 0 Å². The minimum absolute atomic E-state index is 0.0258. The van der Waals surface area contributed by atoms with Gasteiger partial charge in [0.1, 0.15) is 17.2 Å². The van der Waals surface area contributed by atoms with E-state index in [0.29, 0.717) is 18.1 Å². The zero-order valence-corrected chi connectivity index (χ0v) is 31.9. The first-order chi connectivity index (χ1) is 24.8. The van der Waals surface area contributed by atoms with E-state index in [4.69, 9.17) is 21.1 Å². The van der Waals surface area contributed by atoms with E-state index in [1.54, 1.807) is 12.1 Å². The quantitative estimate of drug-likeness (QED) is 0.119. The number of benzene rings is 4. The molecule has 11 heteroatoms. The Morgan fingerprint density at radius 1 is 0.846 bits per heavy atom. The average Bonchev–Trinajstić information content (AvgIpc) is 3.53. The number of rotatable bonds is 13. The fraction of sp³-hybridized carbons (Fsp3) is 0.268. The van der Waals surface area contributed by atoms with E-state index >= 15 is 0 Å². The molecule has 2 aromatic heterocycles. The Morgan fingerprint density at radius 2 is 1.52 bits per heavy atom. The lowest BCUT2D eigenvalue weighted by molar-refractivity contribution is -0.119. The van der Waals surface area contributed by atoms with Crippen molar-refractivity contribution in [1.29, 1.82) is 0 Å². The summed E-state index contributed by atoms with van der Waals surface area (Å²) in [6, 6.07) is 25.4. The Labute approximate surface area is 310 Å². The van der Waals surface area contributed by atoms with Gasteiger partial charge in [-0.05, 0) is 113 Å². The van der Waals surface area contributed by atoms with Crippen LogP contribution in [-0.2, 0) is 34.8 Å². The van der Waals surface area contributed by atoms with E-state index in [1.807, 2.05) is 81.9 Å². The van der Waals surface area contributed by atoms with Crippen molar-refractivity contribution in [3.8, 4) is 28.4 Å². The van der Waals surface area contributed by atoms with Gasteiger partial charge in [0, 0.05) is 52.9 Å². The monoisotopic (exact) mass is 738 g/mol. The maximum Gasteiger partial charge on any atom is 0.264 e. The van der Waals surface area contributed by atoms with E-state index in [2.05, 4.69) is 39.5 Å². The number of para-hydroxylation sites is 2. The van der Waals surface area contributed by atoms with Crippen LogP contribution in [0.3, 0.4) is 0 Å². The molecule has 0 fully saturated rings. The molecule has 6 rings (SSSR count). The third-order valence-electron chi connectivity index (χ3n) is 9.42. The molecular formula is C41H43ClN4O5S. The number of halogens is 1. The first-order valence-electron chi connectivity index (χ1n) is 17.2. The predicted octanol–water partition coefficient (Wildman–Crippen LogP) is 8.94. The van der Waals surface area contributed by atoms with Crippen molar-refractivity contribution in [2.75, 3.05) is 6.61 Å². The van der Waals surface area contributed by atoms with Gasteiger partial charge in [-0.3, -0.25) is 9.48 Å². The van der Waals surface area contributed by atoms with Gasteiger partial charge in [-0.2, -0.15) is 5.10 Å². The lowest BCUT2D eigenvalue weighted by Gasteiger charge is -2.13. The molecule has 0 atom stereocenters. The molecule has 2 heterocycles. The summed E-state index contributed by atoms with van der Waals surface area (Å²) in [6.07, 6.45) is 1.47. The van der Waals surface area contributed by atoms with Crippen molar-refractivity contribution in [2.24, 2.45) is 7.05 Å². The molecule has 0 spiro atoms. The minimum Gasteiger partial charge on any atom is -0.494 e. The molecular weight excluding hydrogens is 696 g/mol. The number of amides is 1. The van der Waals surface area contributed by atoms with E-state index in [0.717, 1.165) is 79.4 Å². The summed E-state index contributed by atoms with van der Waals surface area (Å²) in [4.78, 5) is 13.3. The number of hydrogen-bond acceptors (Lipinski definition) is 6. The molecule has 0 aliphatic rings. The minimum atomic E-state index is -4.10. The summed E-state index contributed by atoms with van der Waals surface area (Å²) < 4.78 is 44.6. The molecule has 0 aliphatic carbocycles. The molecule has 0 bridgehead atoms. The highest BCUT2D eigenvalue weighted by Crippen LogP contribution is 2.38. The van der Waals surface area contributed by atoms with Crippen LogP contribution in [0.15, 0.2) is 89.8 Å². The molecule has 1 amide bonds. The SMILES string of the molecule is Cc1cc(OCCCc2c(C)n(CCC(=O)NS(=O)(=O)c3ccc(Oc4ccccc4)cc3)c3c(-c4c(C)nn(C)c4C)cccc23)cc(C)c1Cl. The van der Waals surface area contributed by atoms with Crippen molar-refractivity contribution in [2.45, 2.75) is 65.3 Å². The third kappa shape index (κ3) is 7.73. The lowest BCUT2D eigenvalue weighted by Crippen LogP contribution is -2.31. The summed E-state index contributed by atoms with van der Waals surface area (Å²) in [7, 11) is -2.17. The maximum atomic E-state index is 13.3. The van der Waals surface area contributed by atoms with Crippen LogP contribution in [0.4, 0.5) is 0 Å². The zero-order chi connectivity index (χ0) is 37.2. The van der Waals surface area contributed by atoms with Crippen LogP contribution < -0.4 is 14.2 Å². The molecule has 270 valence electrons. The molecule has 0 radical (unpaired) electrons. The van der Waals surface area contributed by atoms with E-state index < -0.39 is 15.9 Å². The molecule has 6 aromatic rings. The van der Waals surface area contributed by atoms with Gasteiger partial charge in [0.2, 0.25) is 5.91 Å². The second-order valence-corrected chi connectivity index (χ2v) is 15.1. The predicted molar refractivity (Wildman–Crippen MR) is 206 cm³/mol. The largest absolute Gasteiger partial charge is 0.494 e. The van der Waals surface area contributed by atoms with Crippen molar-refractivity contribution < 1.29 is 22.7 Å². The van der Waals surface area contributed by atoms with E-state index in [9.17, 15) is 13.2 Å². The van der Waals surface area contributed by atoms with Crippen molar-refractivity contribution >= 4 is 38.4 Å². The summed E-state index contributed by atoms with van der Waals surface area (Å²) in [6.45, 7) is 10.8. The number of fused-ring (bicyclic) bond motifs is 1. The smallest absolute Gasteiger partial charge is 0.264 e. The van der Waals surface area contributed by atoms with Crippen LogP contribution in [0.1, 0.15) is 46.6 Å². The molecule has 0 saturated heterocycles. The highest BCUT2D eigenvalue weighted by Gasteiger charge is 2.23. The number of nitrogens with one attached hydrogen (secondary N) is 1. The number of sulfonamides is 1. The lowest BCUT2D eigenvalue weighted by atomic mass is 9.98. The van der Waals surface area contributed by atoms with Gasteiger partial charge >= 0.3 is 0 Å². The van der Waals surface area contributed by atoms with Gasteiger partial charge in [-0.1, -0.05) is 48.0 Å². The fourth-order valence-corrected chi connectivity index (χ4v) is 7.90. The second-order valence-electron chi connectivity index (χ2n) is 13.1. The Morgan fingerprint density at radius 3 is 2.17 bits per heavy atom. The average molecular weight is 739 g/mol. The topological polar surface area (TPSA) is 104 Å². The van der Waals surface area contributed by atoms with Crippen LogP contribution in [-0.4, -0.2) is 35.3 Å². The van der Waals surface area contributed by atoms with Gasteiger partial charge in [0.15, 0.2) is 0 Å². The summed E-state index contributed by atoms with van der Waals surface area (Å²) in [5.74, 6) is 1.32. The number of carbonyl (C=O) groups is 1. The van der Waals surface area contributed by atoms with Gasteiger partial charge in [0.25, 0.3) is 10.0 Å². The van der Waals surface area contributed by atoms with E-state index in [-0.39, 0.29) is 17.9 Å². The number of carbonyl (C=O) groups excluding carboxylic acids is 1. The Hall–Kier alpha value is -5.06. The molecule has 9 nitrogen and oxygen atoms in total. The van der Waals surface area contributed by atoms with E-state index in [1.165, 1.54) is 12.1 Å². The number of aromatic nitrogens is 3. The Balaban J connectivity index is 1.23. The third-order valence-corrected chi connectivity index (χ3v) is 11.4. The molecule has 4 aromatic carbocycles. The summed E-state index contributed by atoms with van der Waals surface area (Å²) >= 11 is 6.35. The number of nitrogens with zero attached hydrogens (tertiary/aromatic N) is 3. The Bertz CT molecular complexity index is 2340. The molecule has 52 heavy (non-hydrogen) atoms. The van der Waals surface area contributed by atoms with Crippen LogP contribution >= 0.6 is 11.6 Å². The van der Waals surface area contributed by atoms with Crippen LogP contribution in [0, 0.1) is 34.6 Å². The van der Waals surface area contributed by atoms with Crippen LogP contribution in [0.5, 0.6) is 17.2 Å². The Kier molecular flexibility index (Phi) is 10.8. The zero-order valence-electron chi connectivity index (χ0n) is 30.3. The molecule has 0 unspecified atom stereocenters. The number of hydrogen-bond donors (Lipinski definition) is 1. The molecule has 1 N–H and O–H groups in total. The van der Waals surface area contributed by atoms with Gasteiger partial charge in [-0.25, -0.2) is 13.1 Å². The summed E-state index contributed by atoms with van der Waals surface area (Å²) in [5, 5.41) is 6.51. The van der Waals surface area contributed by atoms with Crippen LogP contribution in [0.25, 0.3) is 22.0 Å². The van der Waals surface area contributed by atoms with Crippen molar-refractivity contribution in [1.82, 2.24) is 19.1 Å². The highest BCUT2D eigenvalue weighted by atomic mass is 35.5. The summed E-state index contributed by atoms with van der Waals surface area (Å²) in [5.41, 5.74) is 9.13. The first-order valence-corrected chi connectivity index (χ1v) is 19.1.